The van der Waals surface area contributed by atoms with Gasteiger partial charge in [0, 0.05) is 6.42 Å². The van der Waals surface area contributed by atoms with Crippen molar-refractivity contribution in [2.24, 2.45) is 10.1 Å². The first kappa shape index (κ1) is 24.1. The quantitative estimate of drug-likeness (QED) is 0.414. The summed E-state index contributed by atoms with van der Waals surface area (Å²) in [6.07, 6.45) is 3.72. The third-order valence-electron chi connectivity index (χ3n) is 5.16. The molecular weight excluding hydrogens is 468 g/mol. The highest BCUT2D eigenvalue weighted by atomic mass is 32.2. The monoisotopic (exact) mass is 492 g/mol. The van der Waals surface area contributed by atoms with Gasteiger partial charge in [-0.25, -0.2) is 0 Å². The van der Waals surface area contributed by atoms with Crippen molar-refractivity contribution in [1.82, 2.24) is 5.01 Å². The molecule has 1 N–H and O–H groups in total. The number of carbonyl (C=O) groups excluding carboxylic acids is 1. The number of carbonyl (C=O) groups is 1. The summed E-state index contributed by atoms with van der Waals surface area (Å²) in [4.78, 5) is 16.9. The van der Waals surface area contributed by atoms with E-state index in [1.54, 1.807) is 44.6 Å². The summed E-state index contributed by atoms with van der Waals surface area (Å²) in [7, 11) is 4.70. The Bertz CT molecular complexity index is 1280. The van der Waals surface area contributed by atoms with Gasteiger partial charge in [-0.3, -0.25) is 10.2 Å². The van der Waals surface area contributed by atoms with Crippen LogP contribution in [0, 0.1) is 5.41 Å². The molecule has 2 aromatic rings. The number of hydrogen-bond acceptors (Lipinski definition) is 8. The Balaban J connectivity index is 1.56. The summed E-state index contributed by atoms with van der Waals surface area (Å²) in [6, 6.07) is 10.9. The van der Waals surface area contributed by atoms with Crippen molar-refractivity contribution >= 4 is 39.8 Å². The summed E-state index contributed by atoms with van der Waals surface area (Å²) in [5.74, 6) is 1.78. The number of amides is 1. The molecule has 2 aromatic carbocycles. The molecule has 0 saturated carbocycles. The van der Waals surface area contributed by atoms with Crippen molar-refractivity contribution in [3.05, 3.63) is 65.8 Å². The molecule has 0 aromatic heterocycles. The maximum Gasteiger partial charge on any atom is 0.283 e. The molecule has 10 heteroatoms. The number of nitrogens with one attached hydrogen (secondary N) is 1. The smallest absolute Gasteiger partial charge is 0.283 e. The first-order valence-corrected chi connectivity index (χ1v) is 11.4. The average Bonchev–Trinajstić information content (AvgIpc) is 3.27. The van der Waals surface area contributed by atoms with Crippen LogP contribution in [0.4, 0.5) is 0 Å². The van der Waals surface area contributed by atoms with Gasteiger partial charge >= 0.3 is 0 Å². The number of hydrogen-bond donors (Lipinski definition) is 1. The molecule has 0 bridgehead atoms. The minimum atomic E-state index is -0.498. The molecular formula is C25H24N4O5S. The molecule has 1 amide bonds. The second-order valence-electron chi connectivity index (χ2n) is 7.39. The van der Waals surface area contributed by atoms with Crippen molar-refractivity contribution in [3.63, 3.8) is 0 Å². The second-order valence-corrected chi connectivity index (χ2v) is 8.43. The lowest BCUT2D eigenvalue weighted by atomic mass is 10.1. The molecule has 2 aliphatic heterocycles. The van der Waals surface area contributed by atoms with Crippen LogP contribution in [0.2, 0.25) is 0 Å². The minimum Gasteiger partial charge on any atom is -0.493 e. The van der Waals surface area contributed by atoms with Crippen LogP contribution in [0.25, 0.3) is 6.08 Å². The van der Waals surface area contributed by atoms with E-state index in [4.69, 9.17) is 24.4 Å². The Morgan fingerprint density at radius 2 is 1.74 bits per heavy atom. The van der Waals surface area contributed by atoms with Gasteiger partial charge in [0.15, 0.2) is 28.8 Å². The van der Waals surface area contributed by atoms with E-state index in [-0.39, 0.29) is 11.4 Å². The number of nitrogens with zero attached hydrogens (tertiary/aromatic N) is 3. The molecule has 4 rings (SSSR count). The molecule has 0 spiro atoms. The summed E-state index contributed by atoms with van der Waals surface area (Å²) in [5.41, 5.74) is 1.75. The second kappa shape index (κ2) is 10.5. The maximum absolute atomic E-state index is 12.7. The predicted molar refractivity (Wildman–Crippen MR) is 137 cm³/mol. The van der Waals surface area contributed by atoms with Crippen LogP contribution in [-0.4, -0.2) is 54.9 Å². The SMILES string of the molecule is C=CCOc1ccc(/C=C2/C(=N)N3N=C(Cc4ccc(OC)c(OC)c4)SC3=NC2=O)cc1OC. The van der Waals surface area contributed by atoms with Crippen LogP contribution in [0.3, 0.4) is 0 Å². The van der Waals surface area contributed by atoms with Crippen molar-refractivity contribution in [2.45, 2.75) is 6.42 Å². The van der Waals surface area contributed by atoms with Gasteiger partial charge in [-0.2, -0.15) is 15.1 Å². The van der Waals surface area contributed by atoms with Crippen molar-refractivity contribution in [1.29, 1.82) is 5.41 Å². The van der Waals surface area contributed by atoms with Gasteiger partial charge in [-0.15, -0.1) is 0 Å². The van der Waals surface area contributed by atoms with E-state index in [1.807, 2.05) is 18.2 Å². The zero-order chi connectivity index (χ0) is 24.9. The first-order chi connectivity index (χ1) is 17.0. The van der Waals surface area contributed by atoms with Gasteiger partial charge in [-0.05, 0) is 53.2 Å². The molecule has 2 heterocycles. The first-order valence-electron chi connectivity index (χ1n) is 10.6. The number of amidine groups is 2. The molecule has 0 unspecified atom stereocenters. The van der Waals surface area contributed by atoms with Crippen LogP contribution < -0.4 is 18.9 Å². The summed E-state index contributed by atoms with van der Waals surface area (Å²) in [6.45, 7) is 3.98. The highest BCUT2D eigenvalue weighted by Crippen LogP contribution is 2.33. The normalized spacial score (nSPS) is 16.0. The number of benzene rings is 2. The Morgan fingerprint density at radius 3 is 2.46 bits per heavy atom. The van der Waals surface area contributed by atoms with Gasteiger partial charge in [0.05, 0.1) is 26.9 Å². The Kier molecular flexibility index (Phi) is 7.21. The highest BCUT2D eigenvalue weighted by Gasteiger charge is 2.35. The standard InChI is InChI=1S/C25H24N4O5S/c1-5-10-34-19-9-7-15(12-21(19)33-4)11-17-23(26)29-25(27-24(17)30)35-22(28-29)14-16-6-8-18(31-2)20(13-16)32-3/h5-9,11-13,26H,1,10,14H2,2-4H3/b17-11-,26-23?. The van der Waals surface area contributed by atoms with E-state index < -0.39 is 5.91 Å². The zero-order valence-corrected chi connectivity index (χ0v) is 20.3. The number of hydrazone groups is 1. The van der Waals surface area contributed by atoms with E-state index in [0.29, 0.717) is 51.8 Å². The van der Waals surface area contributed by atoms with Crippen molar-refractivity contribution < 1.29 is 23.7 Å². The highest BCUT2D eigenvalue weighted by molar-refractivity contribution is 8.26. The molecule has 9 nitrogen and oxygen atoms in total. The van der Waals surface area contributed by atoms with Gasteiger partial charge in [0.2, 0.25) is 5.17 Å². The average molecular weight is 493 g/mol. The third kappa shape index (κ3) is 5.07. The molecule has 0 saturated heterocycles. The predicted octanol–water partition coefficient (Wildman–Crippen LogP) is 4.14. The summed E-state index contributed by atoms with van der Waals surface area (Å²) >= 11 is 1.26. The van der Waals surface area contributed by atoms with Gasteiger partial charge in [0.1, 0.15) is 11.7 Å². The van der Waals surface area contributed by atoms with Crippen LogP contribution in [-0.2, 0) is 11.2 Å². The van der Waals surface area contributed by atoms with Gasteiger partial charge in [-0.1, -0.05) is 24.8 Å². The lowest BCUT2D eigenvalue weighted by Crippen LogP contribution is -2.35. The van der Waals surface area contributed by atoms with E-state index in [0.717, 1.165) is 5.56 Å². The molecule has 2 aliphatic rings. The van der Waals surface area contributed by atoms with Gasteiger partial charge in [0.25, 0.3) is 5.91 Å². The maximum atomic E-state index is 12.7. The third-order valence-corrected chi connectivity index (χ3v) is 6.06. The molecule has 0 atom stereocenters. The minimum absolute atomic E-state index is 0.0410. The number of thioether (sulfide) groups is 1. The van der Waals surface area contributed by atoms with Crippen molar-refractivity contribution in [2.75, 3.05) is 27.9 Å². The van der Waals surface area contributed by atoms with Crippen molar-refractivity contribution in [3.8, 4) is 23.0 Å². The Morgan fingerprint density at radius 1 is 1.03 bits per heavy atom. The molecule has 35 heavy (non-hydrogen) atoms. The lowest BCUT2D eigenvalue weighted by Gasteiger charge is -2.20. The van der Waals surface area contributed by atoms with E-state index in [1.165, 1.54) is 23.9 Å². The number of ether oxygens (including phenoxy) is 4. The summed E-state index contributed by atoms with van der Waals surface area (Å²) in [5, 5.41) is 15.6. The fourth-order valence-corrected chi connectivity index (χ4v) is 4.40. The molecule has 0 fully saturated rings. The van der Waals surface area contributed by atoms with Crippen LogP contribution in [0.1, 0.15) is 11.1 Å². The Labute approximate surface area is 207 Å². The number of fused-ring (bicyclic) bond motifs is 1. The Hall–Kier alpha value is -4.05. The largest absolute Gasteiger partial charge is 0.493 e. The topological polar surface area (TPSA) is 106 Å². The number of rotatable bonds is 9. The lowest BCUT2D eigenvalue weighted by molar-refractivity contribution is -0.114. The molecule has 0 radical (unpaired) electrons. The fourth-order valence-electron chi connectivity index (χ4n) is 3.48. The zero-order valence-electron chi connectivity index (χ0n) is 19.5. The van der Waals surface area contributed by atoms with E-state index >= 15 is 0 Å². The van der Waals surface area contributed by atoms with E-state index in [2.05, 4.69) is 16.7 Å². The molecule has 180 valence electrons. The van der Waals surface area contributed by atoms with Gasteiger partial charge < -0.3 is 18.9 Å². The number of aliphatic imine (C=N–C) groups is 1. The van der Waals surface area contributed by atoms with Crippen LogP contribution >= 0.6 is 11.8 Å². The van der Waals surface area contributed by atoms with Crippen LogP contribution in [0.15, 0.2) is 64.7 Å². The van der Waals surface area contributed by atoms with E-state index in [9.17, 15) is 4.79 Å². The fraction of sp³-hybridized carbons (Fsp3) is 0.200. The molecule has 0 aliphatic carbocycles. The van der Waals surface area contributed by atoms with Crippen LogP contribution in [0.5, 0.6) is 23.0 Å². The number of methoxy groups -OCH3 is 3. The summed E-state index contributed by atoms with van der Waals surface area (Å²) < 4.78 is 21.6.